The minimum absolute atomic E-state index is 0.101. The number of hydrogen-bond acceptors (Lipinski definition) is 4. The third-order valence-electron chi connectivity index (χ3n) is 4.98. The van der Waals surface area contributed by atoms with Crippen molar-refractivity contribution < 1.29 is 14.3 Å². The van der Waals surface area contributed by atoms with Crippen molar-refractivity contribution in [2.75, 3.05) is 26.7 Å². The van der Waals surface area contributed by atoms with Crippen molar-refractivity contribution in [3.63, 3.8) is 0 Å². The molecular formula is C20H25ClN2O3. The topological polar surface area (TPSA) is 56.9 Å². The molecule has 0 amide bonds. The molecule has 1 unspecified atom stereocenters. The Morgan fingerprint density at radius 1 is 1.27 bits per heavy atom. The van der Waals surface area contributed by atoms with Crippen LogP contribution < -0.4 is 0 Å². The summed E-state index contributed by atoms with van der Waals surface area (Å²) in [6.45, 7) is 2.81. The Kier molecular flexibility index (Phi) is 6.35. The molecule has 1 aromatic heterocycles. The Hall–Kier alpha value is -1.82. The first-order chi connectivity index (χ1) is 12.5. The maximum Gasteiger partial charge on any atom is 0.317 e. The van der Waals surface area contributed by atoms with Crippen LogP contribution in [0, 0.1) is 0 Å². The van der Waals surface area contributed by atoms with Crippen LogP contribution in [0.15, 0.2) is 40.8 Å². The van der Waals surface area contributed by atoms with E-state index in [0.717, 1.165) is 56.0 Å². The highest BCUT2D eigenvalue weighted by atomic mass is 35.5. The van der Waals surface area contributed by atoms with Crippen molar-refractivity contribution in [3.05, 3.63) is 47.2 Å². The van der Waals surface area contributed by atoms with Gasteiger partial charge in [-0.05, 0) is 57.1 Å². The summed E-state index contributed by atoms with van der Waals surface area (Å²) in [7, 11) is 1.90. The minimum Gasteiger partial charge on any atom is -0.480 e. The van der Waals surface area contributed by atoms with Crippen LogP contribution in [0.2, 0.25) is 5.02 Å². The van der Waals surface area contributed by atoms with E-state index in [1.807, 2.05) is 48.3 Å². The number of halogens is 1. The molecule has 0 spiro atoms. The van der Waals surface area contributed by atoms with Gasteiger partial charge in [0.1, 0.15) is 11.5 Å². The van der Waals surface area contributed by atoms with Crippen molar-refractivity contribution in [3.8, 4) is 11.3 Å². The van der Waals surface area contributed by atoms with Gasteiger partial charge in [-0.1, -0.05) is 23.7 Å². The summed E-state index contributed by atoms with van der Waals surface area (Å²) in [6.07, 6.45) is 3.07. The molecule has 1 N–H and O–H groups in total. The quantitative estimate of drug-likeness (QED) is 0.826. The molecule has 1 fully saturated rings. The largest absolute Gasteiger partial charge is 0.480 e. The average Bonchev–Trinajstić information content (AvgIpc) is 2.92. The lowest BCUT2D eigenvalue weighted by Crippen LogP contribution is -2.36. The molecule has 3 rings (SSSR count). The standard InChI is InChI=1S/C20H25ClN2O3/c1-22(14-20(24)25)15-5-4-11-23(12-10-15)13-16-8-9-19(26-16)17-6-2-3-7-18(17)21/h2-3,6-9,15H,4-5,10-14H2,1H3,(H,24,25). The van der Waals surface area contributed by atoms with Crippen LogP contribution in [0.3, 0.4) is 0 Å². The molecule has 2 aromatic rings. The van der Waals surface area contributed by atoms with Gasteiger partial charge in [-0.2, -0.15) is 0 Å². The molecule has 1 aliphatic rings. The Labute approximate surface area is 159 Å². The number of aliphatic carboxylic acids is 1. The number of likely N-dealkylation sites (N-methyl/N-ethyl adjacent to an activating group) is 1. The van der Waals surface area contributed by atoms with Gasteiger partial charge in [-0.3, -0.25) is 14.6 Å². The van der Waals surface area contributed by atoms with Gasteiger partial charge >= 0.3 is 5.97 Å². The van der Waals surface area contributed by atoms with E-state index < -0.39 is 5.97 Å². The first-order valence-electron chi connectivity index (χ1n) is 9.01. The highest BCUT2D eigenvalue weighted by Gasteiger charge is 2.22. The predicted molar refractivity (Wildman–Crippen MR) is 102 cm³/mol. The van der Waals surface area contributed by atoms with E-state index >= 15 is 0 Å². The van der Waals surface area contributed by atoms with Gasteiger partial charge in [0.05, 0.1) is 18.1 Å². The van der Waals surface area contributed by atoms with Gasteiger partial charge in [0.25, 0.3) is 0 Å². The van der Waals surface area contributed by atoms with Crippen molar-refractivity contribution in [2.24, 2.45) is 0 Å². The Morgan fingerprint density at radius 3 is 2.85 bits per heavy atom. The van der Waals surface area contributed by atoms with Gasteiger partial charge in [0, 0.05) is 18.2 Å². The van der Waals surface area contributed by atoms with Crippen molar-refractivity contribution in [1.29, 1.82) is 0 Å². The van der Waals surface area contributed by atoms with Crippen LogP contribution >= 0.6 is 11.6 Å². The maximum absolute atomic E-state index is 10.9. The number of carboxylic acids is 1. The van der Waals surface area contributed by atoms with E-state index in [-0.39, 0.29) is 6.54 Å². The monoisotopic (exact) mass is 376 g/mol. The third kappa shape index (κ3) is 4.87. The number of rotatable bonds is 6. The first kappa shape index (κ1) is 19.0. The molecule has 140 valence electrons. The smallest absolute Gasteiger partial charge is 0.317 e. The molecule has 26 heavy (non-hydrogen) atoms. The van der Waals surface area contributed by atoms with Crippen LogP contribution in [0.5, 0.6) is 0 Å². The van der Waals surface area contributed by atoms with Crippen molar-refractivity contribution >= 4 is 17.6 Å². The second kappa shape index (κ2) is 8.71. The van der Waals surface area contributed by atoms with Gasteiger partial charge < -0.3 is 9.52 Å². The Balaban J connectivity index is 1.58. The van der Waals surface area contributed by atoms with Crippen LogP contribution in [-0.4, -0.2) is 53.6 Å². The van der Waals surface area contributed by atoms with Crippen LogP contribution in [0.1, 0.15) is 25.0 Å². The third-order valence-corrected chi connectivity index (χ3v) is 5.31. The minimum atomic E-state index is -0.767. The molecule has 1 aromatic carbocycles. The molecule has 0 bridgehead atoms. The summed E-state index contributed by atoms with van der Waals surface area (Å²) < 4.78 is 6.01. The molecule has 1 aliphatic heterocycles. The fraction of sp³-hybridized carbons (Fsp3) is 0.450. The number of hydrogen-bond donors (Lipinski definition) is 1. The van der Waals surface area contributed by atoms with E-state index in [1.54, 1.807) is 0 Å². The molecule has 0 radical (unpaired) electrons. The van der Waals surface area contributed by atoms with Gasteiger partial charge in [0.15, 0.2) is 0 Å². The average molecular weight is 377 g/mol. The summed E-state index contributed by atoms with van der Waals surface area (Å²) in [4.78, 5) is 15.2. The van der Waals surface area contributed by atoms with Gasteiger partial charge in [-0.25, -0.2) is 0 Å². The molecule has 1 atom stereocenters. The number of nitrogens with zero attached hydrogens (tertiary/aromatic N) is 2. The second-order valence-corrected chi connectivity index (χ2v) is 7.32. The van der Waals surface area contributed by atoms with Crippen LogP contribution in [-0.2, 0) is 11.3 Å². The number of furan rings is 1. The van der Waals surface area contributed by atoms with Crippen molar-refractivity contribution in [1.82, 2.24) is 9.80 Å². The van der Waals surface area contributed by atoms with Gasteiger partial charge in [0.2, 0.25) is 0 Å². The second-order valence-electron chi connectivity index (χ2n) is 6.92. The highest BCUT2D eigenvalue weighted by molar-refractivity contribution is 6.33. The summed E-state index contributed by atoms with van der Waals surface area (Å²) in [5.41, 5.74) is 0.909. The SMILES string of the molecule is CN(CC(=O)O)C1CCCN(Cc2ccc(-c3ccccc3Cl)o2)CC1. The number of carboxylic acid groups (broad SMARTS) is 1. The Bertz CT molecular complexity index is 746. The number of carbonyl (C=O) groups is 1. The maximum atomic E-state index is 10.9. The molecular weight excluding hydrogens is 352 g/mol. The van der Waals surface area contributed by atoms with E-state index in [9.17, 15) is 4.79 Å². The lowest BCUT2D eigenvalue weighted by molar-refractivity contribution is -0.138. The van der Waals surface area contributed by atoms with Gasteiger partial charge in [-0.15, -0.1) is 0 Å². The zero-order valence-electron chi connectivity index (χ0n) is 15.0. The Morgan fingerprint density at radius 2 is 2.08 bits per heavy atom. The lowest BCUT2D eigenvalue weighted by atomic mass is 10.1. The summed E-state index contributed by atoms with van der Waals surface area (Å²) in [5, 5.41) is 9.66. The van der Waals surface area contributed by atoms with E-state index in [1.165, 1.54) is 0 Å². The fourth-order valence-electron chi connectivity index (χ4n) is 3.57. The van der Waals surface area contributed by atoms with E-state index in [2.05, 4.69) is 4.90 Å². The summed E-state index contributed by atoms with van der Waals surface area (Å²) >= 11 is 6.25. The highest BCUT2D eigenvalue weighted by Crippen LogP contribution is 2.29. The predicted octanol–water partition coefficient (Wildman–Crippen LogP) is 3.97. The lowest BCUT2D eigenvalue weighted by Gasteiger charge is -2.25. The van der Waals surface area contributed by atoms with Crippen molar-refractivity contribution in [2.45, 2.75) is 31.8 Å². The summed E-state index contributed by atoms with van der Waals surface area (Å²) in [6, 6.07) is 12.0. The molecule has 0 saturated carbocycles. The number of likely N-dealkylation sites (tertiary alicyclic amines) is 1. The van der Waals surface area contributed by atoms with Crippen LogP contribution in [0.25, 0.3) is 11.3 Å². The molecule has 0 aliphatic carbocycles. The normalized spacial score (nSPS) is 18.8. The van der Waals surface area contributed by atoms with E-state index in [4.69, 9.17) is 21.1 Å². The number of benzene rings is 1. The molecule has 5 nitrogen and oxygen atoms in total. The molecule has 2 heterocycles. The zero-order chi connectivity index (χ0) is 18.5. The summed E-state index contributed by atoms with van der Waals surface area (Å²) in [5.74, 6) is 0.952. The fourth-order valence-corrected chi connectivity index (χ4v) is 3.80. The zero-order valence-corrected chi connectivity index (χ0v) is 15.8. The first-order valence-corrected chi connectivity index (χ1v) is 9.38. The molecule has 1 saturated heterocycles. The van der Waals surface area contributed by atoms with Crippen LogP contribution in [0.4, 0.5) is 0 Å². The molecule has 6 heteroatoms. The van der Waals surface area contributed by atoms with E-state index in [0.29, 0.717) is 11.1 Å².